The Morgan fingerprint density at radius 2 is 1.62 bits per heavy atom. The van der Waals surface area contributed by atoms with Gasteiger partial charge in [-0.15, -0.1) is 0 Å². The number of hydrogen-bond donors (Lipinski definition) is 3. The molecule has 0 amide bonds. The summed E-state index contributed by atoms with van der Waals surface area (Å²) in [5, 5.41) is 16.0. The van der Waals surface area contributed by atoms with Gasteiger partial charge in [-0.05, 0) is 6.92 Å². The third-order valence-electron chi connectivity index (χ3n) is 0.744. The molecule has 0 aromatic rings. The molecule has 1 unspecified atom stereocenters. The molecule has 16 heavy (non-hydrogen) atoms. The summed E-state index contributed by atoms with van der Waals surface area (Å²) in [5.41, 5.74) is 0. The lowest BCUT2D eigenvalue weighted by Crippen LogP contribution is -2.58. The quantitative estimate of drug-likeness (QED) is 0.435. The molecule has 0 spiro atoms. The van der Waals surface area contributed by atoms with Crippen molar-refractivity contribution < 1.29 is 58.2 Å². The van der Waals surface area contributed by atoms with Crippen LogP contribution in [0.5, 0.6) is 0 Å². The van der Waals surface area contributed by atoms with Crippen molar-refractivity contribution in [2.45, 2.75) is 13.0 Å². The average Bonchev–Trinajstić information content (AvgIpc) is 1.96. The fourth-order valence-electron chi connectivity index (χ4n) is 0.395. The van der Waals surface area contributed by atoms with Gasteiger partial charge in [0.15, 0.2) is 0 Å². The van der Waals surface area contributed by atoms with E-state index in [1.807, 2.05) is 0 Å². The summed E-state index contributed by atoms with van der Waals surface area (Å²) >= 11 is 0. The molecule has 0 heterocycles. The fraction of sp³-hybridized carbons (Fsp3) is 0.600. The highest BCUT2D eigenvalue weighted by atomic mass is 35.7. The van der Waals surface area contributed by atoms with Crippen molar-refractivity contribution in [3.05, 3.63) is 0 Å². The van der Waals surface area contributed by atoms with Crippen LogP contribution < -0.4 is 14.0 Å². The minimum Gasteiger partial charge on any atom is -0.450 e. The number of hydrogen-bond acceptors (Lipinski definition) is 8. The molecule has 96 valence electrons. The molecule has 0 aromatic carbocycles. The highest BCUT2D eigenvalue weighted by Crippen LogP contribution is 1.92. The maximum atomic E-state index is 9.83. The van der Waals surface area contributed by atoms with E-state index in [1.54, 1.807) is 0 Å². The molecule has 0 saturated heterocycles. The van der Waals surface area contributed by atoms with E-state index in [0.717, 1.165) is 0 Å². The summed E-state index contributed by atoms with van der Waals surface area (Å²) < 4.78 is 40.9. The third kappa shape index (κ3) is 29.3. The van der Waals surface area contributed by atoms with Gasteiger partial charge in [-0.25, -0.2) is 9.59 Å². The van der Waals surface area contributed by atoms with Crippen LogP contribution in [-0.2, 0) is 9.47 Å². The number of halogens is 1. The van der Waals surface area contributed by atoms with E-state index in [1.165, 1.54) is 6.92 Å². The smallest absolute Gasteiger partial charge is 0.450 e. The SMILES string of the molecule is CC(COC(=O)O)OC(=O)O.[O-][Cl+3]([O-])([O-])O. The van der Waals surface area contributed by atoms with Crippen molar-refractivity contribution >= 4 is 12.3 Å². The lowest BCUT2D eigenvalue weighted by molar-refractivity contribution is -1.92. The second kappa shape index (κ2) is 7.90. The Morgan fingerprint density at radius 3 is 1.88 bits per heavy atom. The van der Waals surface area contributed by atoms with Gasteiger partial charge >= 0.3 is 12.3 Å². The summed E-state index contributed by atoms with van der Waals surface area (Å²) in [6.45, 7) is 1.10. The molecule has 0 rings (SSSR count). The minimum absolute atomic E-state index is 0.290. The maximum Gasteiger partial charge on any atom is 0.506 e. The van der Waals surface area contributed by atoms with Crippen LogP contribution in [0.25, 0.3) is 0 Å². The summed E-state index contributed by atoms with van der Waals surface area (Å²) in [6.07, 6.45) is -3.68. The van der Waals surface area contributed by atoms with Crippen molar-refractivity contribution in [2.24, 2.45) is 0 Å². The Bertz CT molecular complexity index is 216. The highest BCUT2D eigenvalue weighted by molar-refractivity contribution is 5.58. The molecule has 0 radical (unpaired) electrons. The van der Waals surface area contributed by atoms with Crippen molar-refractivity contribution in [2.75, 3.05) is 6.61 Å². The second-order valence-electron chi connectivity index (χ2n) is 2.17. The lowest BCUT2D eigenvalue weighted by Gasteiger charge is -2.08. The van der Waals surface area contributed by atoms with Gasteiger partial charge in [0.05, 0.1) is 14.9 Å². The third-order valence-corrected chi connectivity index (χ3v) is 0.744. The van der Waals surface area contributed by atoms with Gasteiger partial charge in [0.2, 0.25) is 0 Å². The Balaban J connectivity index is 0. The van der Waals surface area contributed by atoms with Crippen LogP contribution in [0, 0.1) is 10.2 Å². The van der Waals surface area contributed by atoms with Crippen LogP contribution in [0.3, 0.4) is 0 Å². The molecule has 0 aromatic heterocycles. The number of ether oxygens (including phenoxy) is 2. The number of carbonyl (C=O) groups is 2. The van der Waals surface area contributed by atoms with Crippen molar-refractivity contribution in [3.63, 3.8) is 0 Å². The van der Waals surface area contributed by atoms with Gasteiger partial charge in [0.1, 0.15) is 12.7 Å². The zero-order valence-corrected chi connectivity index (χ0v) is 8.62. The number of carboxylic acid groups (broad SMARTS) is 2. The first-order valence-electron chi connectivity index (χ1n) is 3.41. The second-order valence-corrected chi connectivity index (χ2v) is 2.96. The minimum atomic E-state index is -4.69. The van der Waals surface area contributed by atoms with Gasteiger partial charge < -0.3 is 19.7 Å². The predicted molar refractivity (Wildman–Crippen MR) is 34.8 cm³/mol. The van der Waals surface area contributed by atoms with Crippen molar-refractivity contribution in [3.8, 4) is 0 Å². The van der Waals surface area contributed by atoms with E-state index in [-0.39, 0.29) is 6.61 Å². The summed E-state index contributed by atoms with van der Waals surface area (Å²) in [5.74, 6) is 0. The van der Waals surface area contributed by atoms with Crippen molar-refractivity contribution in [1.29, 1.82) is 0 Å². The molecule has 3 N–H and O–H groups in total. The van der Waals surface area contributed by atoms with Crippen LogP contribution in [0.1, 0.15) is 6.92 Å². The van der Waals surface area contributed by atoms with E-state index in [0.29, 0.717) is 0 Å². The normalized spacial score (nSPS) is 11.8. The van der Waals surface area contributed by atoms with Gasteiger partial charge in [-0.2, -0.15) is 14.0 Å². The van der Waals surface area contributed by atoms with Crippen molar-refractivity contribution in [1.82, 2.24) is 0 Å². The Morgan fingerprint density at radius 1 is 1.25 bits per heavy atom. The molecular formula is C5H9ClO10. The molecule has 0 bridgehead atoms. The summed E-state index contributed by atoms with van der Waals surface area (Å²) in [6, 6.07) is 0. The first kappa shape index (κ1) is 17.1. The molecule has 0 saturated carbocycles. The molecule has 0 aliphatic heterocycles. The van der Waals surface area contributed by atoms with Crippen LogP contribution in [0.2, 0.25) is 0 Å². The lowest BCUT2D eigenvalue weighted by atomic mass is 10.4. The van der Waals surface area contributed by atoms with Gasteiger partial charge in [0.25, 0.3) is 0 Å². The largest absolute Gasteiger partial charge is 0.506 e. The van der Waals surface area contributed by atoms with E-state index < -0.39 is 28.7 Å². The zero-order valence-electron chi connectivity index (χ0n) is 7.86. The first-order valence-corrected chi connectivity index (χ1v) is 4.67. The molecular weight excluding hydrogens is 255 g/mol. The topological polar surface area (TPSA) is 182 Å². The van der Waals surface area contributed by atoms with Gasteiger partial charge in [0, 0.05) is 0 Å². The summed E-state index contributed by atoms with van der Waals surface area (Å²) in [7, 11) is -4.69. The Hall–Kier alpha value is -1.33. The van der Waals surface area contributed by atoms with E-state index in [4.69, 9.17) is 28.8 Å². The molecule has 0 aliphatic rings. The van der Waals surface area contributed by atoms with Crippen LogP contribution in [0.15, 0.2) is 0 Å². The van der Waals surface area contributed by atoms with E-state index in [2.05, 4.69) is 9.47 Å². The number of rotatable bonds is 3. The maximum absolute atomic E-state index is 9.83. The van der Waals surface area contributed by atoms with Gasteiger partial charge in [-0.1, -0.05) is 0 Å². The molecule has 11 heteroatoms. The first-order chi connectivity index (χ1) is 7.02. The fourth-order valence-corrected chi connectivity index (χ4v) is 0.395. The Labute approximate surface area is 91.0 Å². The monoisotopic (exact) mass is 264 g/mol. The standard InChI is InChI=1S/C5H8O6.ClHO4/c1-3(11-5(8)9)2-10-4(6)7;2-1(3,4)5/h3H,2H2,1H3,(H,6,7)(H,8,9);(H,2,3,4,5). The molecule has 10 nitrogen and oxygen atoms in total. The molecule has 0 fully saturated rings. The van der Waals surface area contributed by atoms with Gasteiger partial charge in [-0.3, -0.25) is 0 Å². The van der Waals surface area contributed by atoms with E-state index in [9.17, 15) is 9.59 Å². The predicted octanol–water partition coefficient (Wildman–Crippen LogP) is -3.36. The van der Waals surface area contributed by atoms with Crippen LogP contribution in [-0.4, -0.2) is 39.9 Å². The summed E-state index contributed by atoms with van der Waals surface area (Å²) in [4.78, 5) is 19.6. The molecule has 1 atom stereocenters. The Kier molecular flexibility index (Phi) is 8.43. The average molecular weight is 265 g/mol. The van der Waals surface area contributed by atoms with Crippen LogP contribution >= 0.6 is 0 Å². The highest BCUT2D eigenvalue weighted by Gasteiger charge is 2.09. The van der Waals surface area contributed by atoms with Crippen LogP contribution in [0.4, 0.5) is 9.59 Å². The van der Waals surface area contributed by atoms with E-state index >= 15 is 0 Å². The zero-order chi connectivity index (χ0) is 13.4. The molecule has 0 aliphatic carbocycles.